The summed E-state index contributed by atoms with van der Waals surface area (Å²) in [5.74, 6) is -2.44. The van der Waals surface area contributed by atoms with Crippen LogP contribution in [0.3, 0.4) is 0 Å². The van der Waals surface area contributed by atoms with Crippen molar-refractivity contribution in [3.05, 3.63) is 30.1 Å². The lowest BCUT2D eigenvalue weighted by Gasteiger charge is -2.18. The number of likely N-dealkylation sites (tertiary alicyclic amines) is 1. The molecule has 6 nitrogen and oxygen atoms in total. The Labute approximate surface area is 124 Å². The van der Waals surface area contributed by atoms with Gasteiger partial charge in [-0.3, -0.25) is 14.7 Å². The third kappa shape index (κ3) is 6.01. The maximum absolute atomic E-state index is 10.2. The maximum Gasteiger partial charge on any atom is 0.372 e. The van der Waals surface area contributed by atoms with Gasteiger partial charge in [-0.25, -0.2) is 4.79 Å². The zero-order valence-corrected chi connectivity index (χ0v) is 12.4. The molecule has 0 bridgehead atoms. The summed E-state index contributed by atoms with van der Waals surface area (Å²) in [6.07, 6.45) is 5.23. The molecule has 1 aliphatic heterocycles. The summed E-state index contributed by atoms with van der Waals surface area (Å²) in [7, 11) is 2.19. The molecule has 2 N–H and O–H groups in total. The second-order valence-corrected chi connectivity index (χ2v) is 5.21. The normalized spacial score (nSPS) is 19.5. The van der Waals surface area contributed by atoms with Crippen LogP contribution in [0.25, 0.3) is 0 Å². The smallest absolute Gasteiger partial charge is 0.372 e. The Bertz CT molecular complexity index is 462. The van der Waals surface area contributed by atoms with Crippen LogP contribution in [0.5, 0.6) is 0 Å². The Balaban J connectivity index is 0.000000222. The maximum atomic E-state index is 10.2. The Morgan fingerprint density at radius 3 is 2.62 bits per heavy atom. The van der Waals surface area contributed by atoms with Crippen molar-refractivity contribution in [1.29, 1.82) is 0 Å². The Morgan fingerprint density at radius 1 is 1.52 bits per heavy atom. The summed E-state index contributed by atoms with van der Waals surface area (Å²) < 4.78 is 0. The van der Waals surface area contributed by atoms with Crippen LogP contribution < -0.4 is 0 Å². The molecule has 2 atom stereocenters. The van der Waals surface area contributed by atoms with E-state index >= 15 is 0 Å². The van der Waals surface area contributed by atoms with Gasteiger partial charge in [-0.1, -0.05) is 6.07 Å². The Kier molecular flexibility index (Phi) is 6.98. The zero-order chi connectivity index (χ0) is 15.8. The van der Waals surface area contributed by atoms with Gasteiger partial charge >= 0.3 is 5.97 Å². The number of carbonyl (C=O) groups is 2. The molecule has 0 saturated carbocycles. The summed E-state index contributed by atoms with van der Waals surface area (Å²) in [4.78, 5) is 26.5. The average molecular weight is 294 g/mol. The monoisotopic (exact) mass is 294 g/mol. The molecular weight excluding hydrogens is 272 g/mol. The molecule has 1 fully saturated rings. The quantitative estimate of drug-likeness (QED) is 0.812. The number of hydrogen-bond donors (Lipinski definition) is 2. The molecule has 2 heterocycles. The predicted molar refractivity (Wildman–Crippen MR) is 77.8 cm³/mol. The lowest BCUT2D eigenvalue weighted by atomic mass is 10.1. The molecule has 1 aromatic heterocycles. The topological polar surface area (TPSA) is 90.7 Å². The fraction of sp³-hybridized carbons (Fsp3) is 0.533. The highest BCUT2D eigenvalue weighted by Gasteiger charge is 2.21. The van der Waals surface area contributed by atoms with Crippen LogP contribution in [-0.2, 0) is 9.59 Å². The van der Waals surface area contributed by atoms with E-state index in [1.165, 1.54) is 31.9 Å². The van der Waals surface area contributed by atoms with E-state index in [2.05, 4.69) is 23.0 Å². The average Bonchev–Trinajstić information content (AvgIpc) is 2.86. The first-order valence-corrected chi connectivity index (χ1v) is 6.96. The van der Waals surface area contributed by atoms with E-state index in [0.29, 0.717) is 6.04 Å². The molecule has 2 rings (SSSR count). The van der Waals surface area contributed by atoms with E-state index < -0.39 is 17.9 Å². The summed E-state index contributed by atoms with van der Waals surface area (Å²) in [6.45, 7) is 2.58. The number of carboxylic acids is 1. The number of aromatic nitrogens is 1. The largest absolute Gasteiger partial charge is 0.475 e. The fourth-order valence-electron chi connectivity index (χ4n) is 2.26. The second-order valence-electron chi connectivity index (χ2n) is 5.21. The van der Waals surface area contributed by atoms with E-state index in [1.54, 1.807) is 0 Å². The standard InChI is InChI=1S/C10H14N2.C5H8O4/c1-12-7-3-5-10(12)9-4-2-6-11-8-9;1-3(6)2-4(7)5(8)9/h2,4,6,8,10H,3,5,7H2,1H3;3,6H,2H2,1H3,(H,8,9). The third-order valence-corrected chi connectivity index (χ3v) is 3.31. The molecule has 0 spiro atoms. The van der Waals surface area contributed by atoms with Crippen molar-refractivity contribution in [1.82, 2.24) is 9.88 Å². The van der Waals surface area contributed by atoms with Gasteiger partial charge in [0, 0.05) is 24.9 Å². The van der Waals surface area contributed by atoms with Gasteiger partial charge in [-0.15, -0.1) is 0 Å². The molecule has 1 saturated heterocycles. The second kappa shape index (κ2) is 8.49. The summed E-state index contributed by atoms with van der Waals surface area (Å²) >= 11 is 0. The van der Waals surface area contributed by atoms with Gasteiger partial charge in [0.05, 0.1) is 6.10 Å². The van der Waals surface area contributed by atoms with Crippen LogP contribution >= 0.6 is 0 Å². The molecule has 1 aliphatic rings. The van der Waals surface area contributed by atoms with Crippen molar-refractivity contribution >= 4 is 11.8 Å². The molecule has 2 unspecified atom stereocenters. The number of Topliss-reactive ketones (excluding diaryl/α,β-unsaturated/α-hetero) is 1. The Morgan fingerprint density at radius 2 is 2.24 bits per heavy atom. The Hall–Kier alpha value is -1.79. The van der Waals surface area contributed by atoms with Gasteiger partial charge in [0.1, 0.15) is 0 Å². The number of carbonyl (C=O) groups excluding carboxylic acids is 1. The van der Waals surface area contributed by atoms with Gasteiger partial charge < -0.3 is 10.2 Å². The van der Waals surface area contributed by atoms with Crippen LogP contribution in [0.1, 0.15) is 37.8 Å². The highest BCUT2D eigenvalue weighted by Crippen LogP contribution is 2.29. The number of aliphatic hydroxyl groups is 1. The number of ketones is 1. The van der Waals surface area contributed by atoms with Crippen molar-refractivity contribution in [3.8, 4) is 0 Å². The molecule has 6 heteroatoms. The van der Waals surface area contributed by atoms with Crippen molar-refractivity contribution in [2.75, 3.05) is 13.6 Å². The molecule has 21 heavy (non-hydrogen) atoms. The van der Waals surface area contributed by atoms with Crippen LogP contribution in [-0.4, -0.2) is 51.5 Å². The molecule has 116 valence electrons. The van der Waals surface area contributed by atoms with Gasteiger partial charge in [0.15, 0.2) is 0 Å². The van der Waals surface area contributed by atoms with E-state index in [0.717, 1.165) is 0 Å². The molecule has 1 aromatic rings. The highest BCUT2D eigenvalue weighted by atomic mass is 16.4. The number of nitrogens with zero attached hydrogens (tertiary/aromatic N) is 2. The number of aliphatic hydroxyl groups excluding tert-OH is 1. The fourth-order valence-corrected chi connectivity index (χ4v) is 2.26. The molecular formula is C15H22N2O4. The molecule has 0 radical (unpaired) electrons. The number of hydrogen-bond acceptors (Lipinski definition) is 5. The van der Waals surface area contributed by atoms with Gasteiger partial charge in [0.2, 0.25) is 5.78 Å². The summed E-state index contributed by atoms with van der Waals surface area (Å²) in [5, 5.41) is 16.5. The lowest BCUT2D eigenvalue weighted by molar-refractivity contribution is -0.149. The first-order chi connectivity index (χ1) is 9.91. The number of pyridine rings is 1. The van der Waals surface area contributed by atoms with Gasteiger partial charge in [-0.2, -0.15) is 0 Å². The first kappa shape index (κ1) is 17.3. The van der Waals surface area contributed by atoms with Crippen LogP contribution in [0.4, 0.5) is 0 Å². The van der Waals surface area contributed by atoms with E-state index in [4.69, 9.17) is 10.2 Å². The first-order valence-electron chi connectivity index (χ1n) is 6.96. The molecule has 0 aromatic carbocycles. The van der Waals surface area contributed by atoms with Crippen LogP contribution in [0, 0.1) is 0 Å². The van der Waals surface area contributed by atoms with Crippen molar-refractivity contribution < 1.29 is 19.8 Å². The van der Waals surface area contributed by atoms with Crippen LogP contribution in [0.15, 0.2) is 24.5 Å². The minimum Gasteiger partial charge on any atom is -0.475 e. The lowest BCUT2D eigenvalue weighted by Crippen LogP contribution is -2.17. The van der Waals surface area contributed by atoms with Gasteiger partial charge in [-0.05, 0) is 45.0 Å². The van der Waals surface area contributed by atoms with Crippen LogP contribution in [0.2, 0.25) is 0 Å². The predicted octanol–water partition coefficient (Wildman–Crippen LogP) is 1.26. The number of carboxylic acid groups (broad SMARTS) is 1. The molecule has 0 amide bonds. The van der Waals surface area contributed by atoms with Gasteiger partial charge in [0.25, 0.3) is 0 Å². The zero-order valence-electron chi connectivity index (χ0n) is 12.4. The van der Waals surface area contributed by atoms with Crippen molar-refractivity contribution in [3.63, 3.8) is 0 Å². The van der Waals surface area contributed by atoms with Crippen molar-refractivity contribution in [2.45, 2.75) is 38.3 Å². The van der Waals surface area contributed by atoms with E-state index in [9.17, 15) is 9.59 Å². The SMILES string of the molecule is CC(O)CC(=O)C(=O)O.CN1CCCC1c1cccnc1. The van der Waals surface area contributed by atoms with E-state index in [-0.39, 0.29) is 6.42 Å². The third-order valence-electron chi connectivity index (χ3n) is 3.31. The highest BCUT2D eigenvalue weighted by molar-refractivity contribution is 6.32. The summed E-state index contributed by atoms with van der Waals surface area (Å²) in [5.41, 5.74) is 1.36. The number of rotatable bonds is 4. The minimum absolute atomic E-state index is 0.310. The minimum atomic E-state index is -1.49. The summed E-state index contributed by atoms with van der Waals surface area (Å²) in [6, 6.07) is 4.79. The van der Waals surface area contributed by atoms with Crippen molar-refractivity contribution in [2.24, 2.45) is 0 Å². The van der Waals surface area contributed by atoms with E-state index in [1.807, 2.05) is 18.5 Å². The number of aliphatic carboxylic acids is 1. The molecule has 0 aliphatic carbocycles.